The van der Waals surface area contributed by atoms with Crippen LogP contribution in [0.3, 0.4) is 0 Å². The average Bonchev–Trinajstić information content (AvgIpc) is 3.69. The average molecular weight is 442 g/mol. The Morgan fingerprint density at radius 2 is 2.12 bits per heavy atom. The first kappa shape index (κ1) is 21.3. The van der Waals surface area contributed by atoms with E-state index in [9.17, 15) is 9.59 Å². The lowest BCUT2D eigenvalue weighted by atomic mass is 9.96. The summed E-state index contributed by atoms with van der Waals surface area (Å²) in [5.41, 5.74) is 7.16. The molecule has 0 radical (unpaired) electrons. The number of nitrogens with zero attached hydrogens (tertiary/aromatic N) is 3. The Balaban J connectivity index is 1.34. The number of carbonyl (C=O) groups excluding carboxylic acids is 2. The van der Waals surface area contributed by atoms with E-state index >= 15 is 0 Å². The van der Waals surface area contributed by atoms with Gasteiger partial charge in [0, 0.05) is 38.1 Å². The Labute approximate surface area is 193 Å². The minimum absolute atomic E-state index is 0.00681. The monoisotopic (exact) mass is 441 g/mol. The molecule has 2 N–H and O–H groups in total. The van der Waals surface area contributed by atoms with Gasteiger partial charge in [0.15, 0.2) is 5.94 Å². The summed E-state index contributed by atoms with van der Waals surface area (Å²) in [5, 5.41) is 5.83. The highest BCUT2D eigenvalue weighted by Gasteiger charge is 2.50. The molecule has 0 unspecified atom stereocenters. The first-order valence-corrected chi connectivity index (χ1v) is 11.4. The number of allylic oxidation sites excluding steroid dienone is 1. The van der Waals surface area contributed by atoms with Gasteiger partial charge >= 0.3 is 0 Å². The van der Waals surface area contributed by atoms with Gasteiger partial charge in [-0.3, -0.25) is 19.7 Å². The summed E-state index contributed by atoms with van der Waals surface area (Å²) >= 11 is 0. The van der Waals surface area contributed by atoms with E-state index in [4.69, 9.17) is 4.98 Å². The second-order valence-electron chi connectivity index (χ2n) is 8.75. The van der Waals surface area contributed by atoms with Crippen molar-refractivity contribution in [2.45, 2.75) is 38.1 Å². The van der Waals surface area contributed by atoms with Gasteiger partial charge in [0.1, 0.15) is 11.4 Å². The fourth-order valence-corrected chi connectivity index (χ4v) is 4.84. The lowest BCUT2D eigenvalue weighted by Gasteiger charge is -2.35. The summed E-state index contributed by atoms with van der Waals surface area (Å²) in [7, 11) is 1.61. The minimum Gasteiger partial charge on any atom is -0.354 e. The highest BCUT2D eigenvalue weighted by Crippen LogP contribution is 2.52. The van der Waals surface area contributed by atoms with E-state index in [1.807, 2.05) is 31.2 Å². The number of pyridine rings is 2. The second-order valence-corrected chi connectivity index (χ2v) is 8.75. The Bertz CT molecular complexity index is 1220. The highest BCUT2D eigenvalue weighted by atomic mass is 16.1. The smallest absolute Gasteiger partial charge is 0.269 e. The van der Waals surface area contributed by atoms with Crippen LogP contribution in [0.5, 0.6) is 0 Å². The van der Waals surface area contributed by atoms with Crippen LogP contribution in [0, 0.1) is 0 Å². The van der Waals surface area contributed by atoms with Crippen LogP contribution in [-0.2, 0) is 10.3 Å². The van der Waals surface area contributed by atoms with Crippen LogP contribution in [0.4, 0.5) is 5.69 Å². The molecule has 7 heteroatoms. The minimum atomic E-state index is -0.175. The molecule has 0 saturated heterocycles. The van der Waals surface area contributed by atoms with Crippen molar-refractivity contribution in [3.05, 3.63) is 70.5 Å². The second kappa shape index (κ2) is 8.43. The Morgan fingerprint density at radius 1 is 1.27 bits per heavy atom. The number of nitrogens with one attached hydrogen (secondary N) is 2. The molecule has 2 aromatic heterocycles. The van der Waals surface area contributed by atoms with E-state index < -0.39 is 0 Å². The molecule has 2 aliphatic heterocycles. The summed E-state index contributed by atoms with van der Waals surface area (Å²) in [6, 6.07) is 5.90. The zero-order chi connectivity index (χ0) is 23.0. The predicted octanol–water partition coefficient (Wildman–Crippen LogP) is 3.55. The summed E-state index contributed by atoms with van der Waals surface area (Å²) in [6.45, 7) is 3.83. The molecule has 1 aliphatic carbocycles. The van der Waals surface area contributed by atoms with Gasteiger partial charge < -0.3 is 10.6 Å². The zero-order valence-corrected chi connectivity index (χ0v) is 18.9. The molecule has 7 nitrogen and oxygen atoms in total. The summed E-state index contributed by atoms with van der Waals surface area (Å²) in [6.07, 6.45) is 11.9. The standard InChI is InChI=1S/C26H27N5O2/c1-3-17-12-22-23(30-24(17)16-32)13-20(15-29-22)26(8-9-26)31-10-6-18(7-11-31)19-4-5-21(28-14-19)25(33)27-2/h4-6,12-15,30H,3,7-11H2,1-2H3,(H,27,33). The van der Waals surface area contributed by atoms with Gasteiger partial charge in [-0.2, -0.15) is 0 Å². The lowest BCUT2D eigenvalue weighted by molar-refractivity contribution is 0.0958. The van der Waals surface area contributed by atoms with Crippen molar-refractivity contribution in [2.24, 2.45) is 0 Å². The molecule has 1 saturated carbocycles. The summed E-state index contributed by atoms with van der Waals surface area (Å²) < 4.78 is 0. The molecule has 3 aliphatic rings. The van der Waals surface area contributed by atoms with Crippen molar-refractivity contribution in [1.82, 2.24) is 20.2 Å². The van der Waals surface area contributed by atoms with Crippen molar-refractivity contribution in [2.75, 3.05) is 25.5 Å². The van der Waals surface area contributed by atoms with Gasteiger partial charge in [-0.05, 0) is 66.2 Å². The van der Waals surface area contributed by atoms with Gasteiger partial charge in [0.2, 0.25) is 0 Å². The van der Waals surface area contributed by atoms with Crippen LogP contribution in [-0.4, -0.2) is 46.9 Å². The van der Waals surface area contributed by atoms with Gasteiger partial charge in [-0.25, -0.2) is 4.79 Å². The third kappa shape index (κ3) is 3.80. The zero-order valence-electron chi connectivity index (χ0n) is 18.9. The number of hydrogen-bond donors (Lipinski definition) is 2. The first-order valence-electron chi connectivity index (χ1n) is 11.4. The topological polar surface area (TPSA) is 87.2 Å². The number of anilines is 1. The summed E-state index contributed by atoms with van der Waals surface area (Å²) in [5.74, 6) is 1.86. The molecule has 1 amide bonds. The lowest BCUT2D eigenvalue weighted by Crippen LogP contribution is -2.38. The maximum Gasteiger partial charge on any atom is 0.269 e. The molecule has 168 valence electrons. The van der Waals surface area contributed by atoms with Crippen molar-refractivity contribution in [1.29, 1.82) is 0 Å². The van der Waals surface area contributed by atoms with E-state index in [-0.39, 0.29) is 11.4 Å². The third-order valence-corrected chi connectivity index (χ3v) is 6.96. The van der Waals surface area contributed by atoms with E-state index in [0.29, 0.717) is 11.4 Å². The van der Waals surface area contributed by atoms with Crippen LogP contribution < -0.4 is 10.6 Å². The highest BCUT2D eigenvalue weighted by molar-refractivity contribution is 5.92. The van der Waals surface area contributed by atoms with E-state index in [2.05, 4.69) is 32.7 Å². The SMILES string of the molecule is CCC1=Cc2ncc(C3(N4CC=C(c5ccc(C(=O)NC)nc5)CC4)CC3)cc2NC1=C=O. The number of hydrogen-bond acceptors (Lipinski definition) is 6. The number of aromatic nitrogens is 2. The molecule has 0 aromatic carbocycles. The predicted molar refractivity (Wildman–Crippen MR) is 128 cm³/mol. The van der Waals surface area contributed by atoms with Crippen molar-refractivity contribution in [3.8, 4) is 0 Å². The fourth-order valence-electron chi connectivity index (χ4n) is 4.84. The van der Waals surface area contributed by atoms with Crippen LogP contribution in [0.15, 0.2) is 47.9 Å². The molecule has 2 aromatic rings. The molecule has 0 bridgehead atoms. The number of amides is 1. The van der Waals surface area contributed by atoms with Crippen LogP contribution in [0.1, 0.15) is 59.9 Å². The van der Waals surface area contributed by atoms with Crippen molar-refractivity contribution >= 4 is 29.2 Å². The Morgan fingerprint density at radius 3 is 2.73 bits per heavy atom. The number of rotatable bonds is 5. The normalized spacial score (nSPS) is 18.9. The maximum atomic E-state index is 11.7. The van der Waals surface area contributed by atoms with Gasteiger partial charge in [-0.15, -0.1) is 0 Å². The maximum absolute atomic E-state index is 11.7. The molecule has 5 rings (SSSR count). The van der Waals surface area contributed by atoms with Crippen LogP contribution in [0.2, 0.25) is 0 Å². The van der Waals surface area contributed by atoms with Gasteiger partial charge in [0.25, 0.3) is 5.91 Å². The molecular weight excluding hydrogens is 414 g/mol. The van der Waals surface area contributed by atoms with Crippen LogP contribution in [0.25, 0.3) is 11.6 Å². The quantitative estimate of drug-likeness (QED) is 0.690. The molecule has 0 atom stereocenters. The fraction of sp³-hybridized carbons (Fsp3) is 0.346. The summed E-state index contributed by atoms with van der Waals surface area (Å²) in [4.78, 5) is 34.6. The van der Waals surface area contributed by atoms with Gasteiger partial charge in [-0.1, -0.05) is 19.1 Å². The number of fused-ring (bicyclic) bond motifs is 1. The van der Waals surface area contributed by atoms with Crippen molar-refractivity contribution in [3.63, 3.8) is 0 Å². The van der Waals surface area contributed by atoms with E-state index in [1.54, 1.807) is 19.3 Å². The Kier molecular flexibility index (Phi) is 5.44. The van der Waals surface area contributed by atoms with E-state index in [0.717, 1.165) is 61.3 Å². The number of carbonyl (C=O) groups is 1. The molecule has 1 fully saturated rings. The molecule has 4 heterocycles. The largest absolute Gasteiger partial charge is 0.354 e. The van der Waals surface area contributed by atoms with Crippen molar-refractivity contribution < 1.29 is 9.59 Å². The third-order valence-electron chi connectivity index (χ3n) is 6.96. The molecular formula is C26H27N5O2. The Hall–Kier alpha value is -3.54. The van der Waals surface area contributed by atoms with Gasteiger partial charge in [0.05, 0.1) is 11.4 Å². The molecule has 0 spiro atoms. The molecule has 33 heavy (non-hydrogen) atoms. The van der Waals surface area contributed by atoms with E-state index in [1.165, 1.54) is 11.1 Å². The van der Waals surface area contributed by atoms with Crippen LogP contribution >= 0.6 is 0 Å². The first-order chi connectivity index (χ1) is 16.1.